The van der Waals surface area contributed by atoms with Gasteiger partial charge in [-0.1, -0.05) is 6.92 Å². The second kappa shape index (κ2) is 4.91. The zero-order valence-corrected chi connectivity index (χ0v) is 10.2. The van der Waals surface area contributed by atoms with Crippen molar-refractivity contribution < 1.29 is 4.74 Å². The summed E-state index contributed by atoms with van der Waals surface area (Å²) in [5.74, 6) is 0.876. The molecule has 90 valence electrons. The minimum absolute atomic E-state index is 0.701. The highest BCUT2D eigenvalue weighted by Gasteiger charge is 2.08. The molecule has 1 aromatic carbocycles. The number of nitrogens with one attached hydrogen (secondary N) is 1. The van der Waals surface area contributed by atoms with Crippen LogP contribution in [0.3, 0.4) is 0 Å². The Morgan fingerprint density at radius 1 is 1.29 bits per heavy atom. The number of nitrogens with two attached hydrogens (primary N) is 1. The molecule has 0 aliphatic carbocycles. The highest BCUT2D eigenvalue weighted by Crippen LogP contribution is 2.27. The molecular formula is C13H17N3O. The summed E-state index contributed by atoms with van der Waals surface area (Å²) in [5.41, 5.74) is 9.32. The number of H-pyrrole nitrogens is 1. The predicted octanol–water partition coefficient (Wildman–Crippen LogP) is 2.76. The Morgan fingerprint density at radius 2 is 2.00 bits per heavy atom. The number of benzene rings is 1. The van der Waals surface area contributed by atoms with Crippen LogP contribution >= 0.6 is 0 Å². The van der Waals surface area contributed by atoms with E-state index in [1.807, 2.05) is 31.2 Å². The third-order valence-corrected chi connectivity index (χ3v) is 2.60. The van der Waals surface area contributed by atoms with E-state index in [4.69, 9.17) is 10.5 Å². The third kappa shape index (κ3) is 2.41. The number of ether oxygens (including phenoxy) is 1. The Morgan fingerprint density at radius 3 is 2.53 bits per heavy atom. The highest BCUT2D eigenvalue weighted by atomic mass is 16.5. The van der Waals surface area contributed by atoms with E-state index in [9.17, 15) is 0 Å². The van der Waals surface area contributed by atoms with Crippen LogP contribution < -0.4 is 10.5 Å². The Hall–Kier alpha value is -1.97. The van der Waals surface area contributed by atoms with Crippen LogP contribution in [0.15, 0.2) is 24.3 Å². The van der Waals surface area contributed by atoms with Crippen molar-refractivity contribution in [3.63, 3.8) is 0 Å². The normalized spacial score (nSPS) is 10.5. The minimum Gasteiger partial charge on any atom is -0.494 e. The quantitative estimate of drug-likeness (QED) is 0.850. The lowest BCUT2D eigenvalue weighted by molar-refractivity contribution is 0.317. The SMILES string of the molecule is CCCOc1ccc(-c2n[nH]c(C)c2N)cc1. The molecule has 0 aliphatic rings. The maximum absolute atomic E-state index is 5.93. The van der Waals surface area contributed by atoms with E-state index in [1.54, 1.807) is 0 Å². The van der Waals surface area contributed by atoms with Crippen molar-refractivity contribution in [2.75, 3.05) is 12.3 Å². The summed E-state index contributed by atoms with van der Waals surface area (Å²) in [6.07, 6.45) is 1.01. The van der Waals surface area contributed by atoms with E-state index in [0.717, 1.165) is 35.7 Å². The minimum atomic E-state index is 0.701. The lowest BCUT2D eigenvalue weighted by atomic mass is 10.1. The Kier molecular flexibility index (Phi) is 3.32. The fraction of sp³-hybridized carbons (Fsp3) is 0.308. The van der Waals surface area contributed by atoms with Crippen LogP contribution in [0.1, 0.15) is 19.0 Å². The zero-order valence-electron chi connectivity index (χ0n) is 10.2. The van der Waals surface area contributed by atoms with Gasteiger partial charge in [0.05, 0.1) is 18.0 Å². The number of aromatic amines is 1. The second-order valence-electron chi connectivity index (χ2n) is 3.98. The van der Waals surface area contributed by atoms with E-state index in [1.165, 1.54) is 0 Å². The van der Waals surface area contributed by atoms with Gasteiger partial charge in [0.1, 0.15) is 11.4 Å². The molecule has 0 saturated heterocycles. The largest absolute Gasteiger partial charge is 0.494 e. The van der Waals surface area contributed by atoms with Gasteiger partial charge in [-0.25, -0.2) is 0 Å². The molecule has 0 bridgehead atoms. The molecule has 0 spiro atoms. The summed E-state index contributed by atoms with van der Waals surface area (Å²) >= 11 is 0. The van der Waals surface area contributed by atoms with Crippen molar-refractivity contribution in [1.82, 2.24) is 10.2 Å². The standard InChI is InChI=1S/C13H17N3O/c1-3-8-17-11-6-4-10(5-7-11)13-12(14)9(2)15-16-13/h4-7H,3,8,14H2,1-2H3,(H,15,16). The summed E-state index contributed by atoms with van der Waals surface area (Å²) in [4.78, 5) is 0. The maximum Gasteiger partial charge on any atom is 0.119 e. The molecule has 1 aromatic heterocycles. The molecule has 17 heavy (non-hydrogen) atoms. The second-order valence-corrected chi connectivity index (χ2v) is 3.98. The lowest BCUT2D eigenvalue weighted by Crippen LogP contribution is -1.94. The first kappa shape index (κ1) is 11.5. The van der Waals surface area contributed by atoms with Gasteiger partial charge in [-0.15, -0.1) is 0 Å². The third-order valence-electron chi connectivity index (χ3n) is 2.60. The van der Waals surface area contributed by atoms with Crippen LogP contribution in [-0.2, 0) is 0 Å². The molecule has 1 heterocycles. The van der Waals surface area contributed by atoms with Crippen LogP contribution in [0.25, 0.3) is 11.3 Å². The van der Waals surface area contributed by atoms with Crippen LogP contribution in [0, 0.1) is 6.92 Å². The summed E-state index contributed by atoms with van der Waals surface area (Å²) in [5, 5.41) is 7.06. The zero-order chi connectivity index (χ0) is 12.3. The Bertz CT molecular complexity index is 488. The van der Waals surface area contributed by atoms with Crippen molar-refractivity contribution in [2.45, 2.75) is 20.3 Å². The van der Waals surface area contributed by atoms with Gasteiger partial charge in [-0.3, -0.25) is 5.10 Å². The number of rotatable bonds is 4. The molecule has 0 radical (unpaired) electrons. The molecular weight excluding hydrogens is 214 g/mol. The lowest BCUT2D eigenvalue weighted by Gasteiger charge is -2.05. The van der Waals surface area contributed by atoms with Gasteiger partial charge < -0.3 is 10.5 Å². The number of anilines is 1. The first-order chi connectivity index (χ1) is 8.22. The Balaban J connectivity index is 2.20. The van der Waals surface area contributed by atoms with Crippen LogP contribution in [0.4, 0.5) is 5.69 Å². The molecule has 4 nitrogen and oxygen atoms in total. The van der Waals surface area contributed by atoms with Crippen LogP contribution in [-0.4, -0.2) is 16.8 Å². The fourth-order valence-corrected chi connectivity index (χ4v) is 1.59. The molecule has 0 unspecified atom stereocenters. The van der Waals surface area contributed by atoms with Crippen molar-refractivity contribution in [2.24, 2.45) is 0 Å². The average Bonchev–Trinajstić information content (AvgIpc) is 2.68. The molecule has 2 aromatic rings. The monoisotopic (exact) mass is 231 g/mol. The van der Waals surface area contributed by atoms with Gasteiger partial charge >= 0.3 is 0 Å². The number of nitrogen functional groups attached to an aromatic ring is 1. The molecule has 0 atom stereocenters. The molecule has 0 amide bonds. The predicted molar refractivity (Wildman–Crippen MR) is 69.0 cm³/mol. The summed E-state index contributed by atoms with van der Waals surface area (Å²) < 4.78 is 5.52. The first-order valence-corrected chi connectivity index (χ1v) is 5.76. The number of aromatic nitrogens is 2. The van der Waals surface area contributed by atoms with Gasteiger partial charge in [-0.2, -0.15) is 5.10 Å². The van der Waals surface area contributed by atoms with Gasteiger partial charge in [0.2, 0.25) is 0 Å². The highest BCUT2D eigenvalue weighted by molar-refractivity contribution is 5.74. The van der Waals surface area contributed by atoms with Crippen molar-refractivity contribution in [1.29, 1.82) is 0 Å². The number of hydrogen-bond donors (Lipinski definition) is 2. The topological polar surface area (TPSA) is 63.9 Å². The molecule has 3 N–H and O–H groups in total. The van der Waals surface area contributed by atoms with Gasteiger partial charge in [-0.05, 0) is 37.6 Å². The van der Waals surface area contributed by atoms with E-state index in [-0.39, 0.29) is 0 Å². The summed E-state index contributed by atoms with van der Waals surface area (Å²) in [6, 6.07) is 7.82. The summed E-state index contributed by atoms with van der Waals surface area (Å²) in [6.45, 7) is 4.73. The number of hydrogen-bond acceptors (Lipinski definition) is 3. The average molecular weight is 231 g/mol. The van der Waals surface area contributed by atoms with E-state index >= 15 is 0 Å². The molecule has 4 heteroatoms. The van der Waals surface area contributed by atoms with E-state index < -0.39 is 0 Å². The van der Waals surface area contributed by atoms with Crippen molar-refractivity contribution in [3.8, 4) is 17.0 Å². The van der Waals surface area contributed by atoms with Crippen LogP contribution in [0.5, 0.6) is 5.75 Å². The molecule has 0 aliphatic heterocycles. The van der Waals surface area contributed by atoms with Gasteiger partial charge in [0.15, 0.2) is 0 Å². The number of aryl methyl sites for hydroxylation is 1. The maximum atomic E-state index is 5.93. The van der Waals surface area contributed by atoms with Crippen molar-refractivity contribution in [3.05, 3.63) is 30.0 Å². The molecule has 0 saturated carbocycles. The van der Waals surface area contributed by atoms with Crippen LogP contribution in [0.2, 0.25) is 0 Å². The molecule has 0 fully saturated rings. The van der Waals surface area contributed by atoms with Gasteiger partial charge in [0, 0.05) is 5.56 Å². The fourth-order valence-electron chi connectivity index (χ4n) is 1.59. The number of nitrogens with zero attached hydrogens (tertiary/aromatic N) is 1. The van der Waals surface area contributed by atoms with E-state index in [2.05, 4.69) is 17.1 Å². The van der Waals surface area contributed by atoms with Gasteiger partial charge in [0.25, 0.3) is 0 Å². The van der Waals surface area contributed by atoms with E-state index in [0.29, 0.717) is 5.69 Å². The Labute approximate surface area is 101 Å². The summed E-state index contributed by atoms with van der Waals surface area (Å²) in [7, 11) is 0. The first-order valence-electron chi connectivity index (χ1n) is 5.76. The van der Waals surface area contributed by atoms with Crippen molar-refractivity contribution >= 4 is 5.69 Å². The molecule has 2 rings (SSSR count). The smallest absolute Gasteiger partial charge is 0.119 e.